The summed E-state index contributed by atoms with van der Waals surface area (Å²) in [5.74, 6) is -1.11. The highest BCUT2D eigenvalue weighted by molar-refractivity contribution is 7.80. The van der Waals surface area contributed by atoms with Gasteiger partial charge >= 0.3 is 5.97 Å². The Morgan fingerprint density at radius 2 is 1.97 bits per heavy atom. The number of rotatable bonds is 5. The zero-order valence-corrected chi connectivity index (χ0v) is 18.4. The molecule has 9 nitrogen and oxygen atoms in total. The molecule has 0 aromatic carbocycles. The second-order valence-electron chi connectivity index (χ2n) is 6.37. The number of hydrazine groups is 1. The molecule has 0 spiro atoms. The first-order chi connectivity index (χ1) is 13.6. The van der Waals surface area contributed by atoms with Gasteiger partial charge in [0.05, 0.1) is 24.0 Å². The van der Waals surface area contributed by atoms with Gasteiger partial charge in [0.25, 0.3) is 5.91 Å². The predicted octanol–water partition coefficient (Wildman–Crippen LogP) is 1.44. The minimum absolute atomic E-state index is 0.0699. The average molecular weight is 438 g/mol. The molecular weight excluding hydrogens is 414 g/mol. The molecule has 0 bridgehead atoms. The topological polar surface area (TPSA) is 105 Å². The van der Waals surface area contributed by atoms with E-state index in [-0.39, 0.29) is 28.9 Å². The number of esters is 1. The van der Waals surface area contributed by atoms with Gasteiger partial charge in [-0.2, -0.15) is 0 Å². The summed E-state index contributed by atoms with van der Waals surface area (Å²) in [6, 6.07) is 3.69. The fourth-order valence-corrected chi connectivity index (χ4v) is 3.94. The van der Waals surface area contributed by atoms with E-state index >= 15 is 0 Å². The van der Waals surface area contributed by atoms with Gasteiger partial charge in [-0.25, -0.2) is 4.79 Å². The highest BCUT2D eigenvalue weighted by atomic mass is 32.1. The Hall–Kier alpha value is -2.92. The van der Waals surface area contributed by atoms with Crippen LogP contribution in [0.5, 0.6) is 0 Å². The van der Waals surface area contributed by atoms with Crippen LogP contribution in [0.15, 0.2) is 18.3 Å². The van der Waals surface area contributed by atoms with Gasteiger partial charge < -0.3 is 19.5 Å². The van der Waals surface area contributed by atoms with Crippen molar-refractivity contribution < 1.29 is 19.1 Å². The zero-order valence-electron chi connectivity index (χ0n) is 16.8. The van der Waals surface area contributed by atoms with Crippen LogP contribution in [0.3, 0.4) is 0 Å². The van der Waals surface area contributed by atoms with Gasteiger partial charge in [0.15, 0.2) is 5.11 Å². The second-order valence-corrected chi connectivity index (χ2v) is 7.79. The van der Waals surface area contributed by atoms with Gasteiger partial charge in [0, 0.05) is 33.0 Å². The molecule has 2 heterocycles. The summed E-state index contributed by atoms with van der Waals surface area (Å²) in [5, 5.41) is 3.28. The van der Waals surface area contributed by atoms with Gasteiger partial charge in [-0.1, -0.05) is 0 Å². The van der Waals surface area contributed by atoms with Crippen LogP contribution in [0, 0.1) is 6.92 Å². The maximum Gasteiger partial charge on any atom is 0.341 e. The van der Waals surface area contributed by atoms with Gasteiger partial charge in [-0.05, 0) is 36.8 Å². The standard InChI is InChI=1S/C18H23N5O4S2/c1-10-13(17(26)27-5)15(29-14(10)16(25)22(2)3)19-18(28)21-20-12(24)9-11-7-6-8-23(11)4/h6-8H,9H2,1-5H3,(H,20,24)(H2,19,21,28). The number of carbonyl (C=O) groups excluding carboxylic acids is 3. The van der Waals surface area contributed by atoms with Gasteiger partial charge in [0.1, 0.15) is 5.00 Å². The summed E-state index contributed by atoms with van der Waals surface area (Å²) in [5.41, 5.74) is 6.67. The number of thiophene rings is 1. The number of thiocarbonyl (C=S) groups is 1. The lowest BCUT2D eigenvalue weighted by atomic mass is 10.1. The number of anilines is 1. The Morgan fingerprint density at radius 1 is 1.28 bits per heavy atom. The summed E-state index contributed by atoms with van der Waals surface area (Å²) in [7, 11) is 6.36. The van der Waals surface area contributed by atoms with Crippen molar-refractivity contribution in [1.29, 1.82) is 0 Å². The molecule has 0 saturated heterocycles. The van der Waals surface area contributed by atoms with Crippen LogP contribution in [-0.2, 0) is 23.0 Å². The molecule has 29 heavy (non-hydrogen) atoms. The van der Waals surface area contributed by atoms with Crippen LogP contribution < -0.4 is 16.2 Å². The maximum absolute atomic E-state index is 12.4. The zero-order chi connectivity index (χ0) is 21.7. The third-order valence-corrected chi connectivity index (χ3v) is 5.47. The van der Waals surface area contributed by atoms with E-state index in [0.717, 1.165) is 17.0 Å². The molecule has 0 aliphatic rings. The van der Waals surface area contributed by atoms with Crippen LogP contribution in [0.1, 0.15) is 31.3 Å². The number of hydrogen-bond acceptors (Lipinski definition) is 6. The van der Waals surface area contributed by atoms with Crippen molar-refractivity contribution in [3.63, 3.8) is 0 Å². The van der Waals surface area contributed by atoms with E-state index in [1.165, 1.54) is 12.0 Å². The lowest BCUT2D eigenvalue weighted by molar-refractivity contribution is -0.121. The minimum atomic E-state index is -0.588. The Bertz CT molecular complexity index is 948. The molecule has 0 saturated carbocycles. The fraction of sp³-hybridized carbons (Fsp3) is 0.333. The van der Waals surface area contributed by atoms with Crippen molar-refractivity contribution in [2.24, 2.45) is 7.05 Å². The summed E-state index contributed by atoms with van der Waals surface area (Å²) in [4.78, 5) is 38.5. The number of nitrogens with zero attached hydrogens (tertiary/aromatic N) is 2. The summed E-state index contributed by atoms with van der Waals surface area (Å²) in [6.07, 6.45) is 2.02. The monoisotopic (exact) mass is 437 g/mol. The summed E-state index contributed by atoms with van der Waals surface area (Å²) in [6.45, 7) is 1.67. The molecule has 2 aromatic heterocycles. The molecule has 0 aliphatic carbocycles. The van der Waals surface area contributed by atoms with E-state index in [4.69, 9.17) is 17.0 Å². The molecule has 3 N–H and O–H groups in total. The lowest BCUT2D eigenvalue weighted by Crippen LogP contribution is -2.44. The molecule has 0 aliphatic heterocycles. The molecule has 0 fully saturated rings. The molecule has 0 unspecified atom stereocenters. The Labute approximate surface area is 178 Å². The number of hydrogen-bond donors (Lipinski definition) is 3. The van der Waals surface area contributed by atoms with Crippen molar-refractivity contribution in [3.05, 3.63) is 40.0 Å². The maximum atomic E-state index is 12.4. The second kappa shape index (κ2) is 9.52. The van der Waals surface area contributed by atoms with Crippen molar-refractivity contribution in [1.82, 2.24) is 20.3 Å². The summed E-state index contributed by atoms with van der Waals surface area (Å²) < 4.78 is 6.67. The SMILES string of the molecule is COC(=O)c1c(NC(=S)NNC(=O)Cc2cccn2C)sc(C(=O)N(C)C)c1C. The molecule has 2 rings (SSSR count). The van der Waals surface area contributed by atoms with E-state index in [1.54, 1.807) is 21.0 Å². The van der Waals surface area contributed by atoms with Crippen molar-refractivity contribution in [3.8, 4) is 0 Å². The van der Waals surface area contributed by atoms with Gasteiger partial charge in [0.2, 0.25) is 5.91 Å². The normalized spacial score (nSPS) is 10.2. The minimum Gasteiger partial charge on any atom is -0.465 e. The van der Waals surface area contributed by atoms with Crippen molar-refractivity contribution in [2.75, 3.05) is 26.5 Å². The van der Waals surface area contributed by atoms with E-state index in [2.05, 4.69) is 16.2 Å². The van der Waals surface area contributed by atoms with E-state index < -0.39 is 5.97 Å². The van der Waals surface area contributed by atoms with Crippen molar-refractivity contribution in [2.45, 2.75) is 13.3 Å². The molecule has 0 radical (unpaired) electrons. The third kappa shape index (κ3) is 5.33. The number of carbonyl (C=O) groups is 3. The first kappa shape index (κ1) is 22.4. The Balaban J connectivity index is 2.09. The third-order valence-electron chi connectivity index (χ3n) is 4.07. The van der Waals surface area contributed by atoms with Crippen LogP contribution in [0.4, 0.5) is 5.00 Å². The van der Waals surface area contributed by atoms with E-state index in [9.17, 15) is 14.4 Å². The van der Waals surface area contributed by atoms with Crippen LogP contribution in [0.2, 0.25) is 0 Å². The van der Waals surface area contributed by atoms with E-state index in [1.807, 2.05) is 29.9 Å². The largest absolute Gasteiger partial charge is 0.465 e. The number of aromatic nitrogens is 1. The molecule has 11 heteroatoms. The first-order valence-electron chi connectivity index (χ1n) is 8.55. The predicted molar refractivity (Wildman–Crippen MR) is 115 cm³/mol. The molecule has 0 atom stereocenters. The highest BCUT2D eigenvalue weighted by Crippen LogP contribution is 2.34. The summed E-state index contributed by atoms with van der Waals surface area (Å²) >= 11 is 6.29. The van der Waals surface area contributed by atoms with Gasteiger partial charge in [-0.15, -0.1) is 11.3 Å². The van der Waals surface area contributed by atoms with E-state index in [0.29, 0.717) is 15.4 Å². The molecule has 2 amide bonds. The number of amides is 2. The van der Waals surface area contributed by atoms with Crippen LogP contribution in [-0.4, -0.2) is 53.6 Å². The Morgan fingerprint density at radius 3 is 2.52 bits per heavy atom. The number of aryl methyl sites for hydroxylation is 1. The van der Waals surface area contributed by atoms with Crippen LogP contribution in [0.25, 0.3) is 0 Å². The number of nitrogens with one attached hydrogen (secondary N) is 3. The molecule has 2 aromatic rings. The number of ether oxygens (including phenoxy) is 1. The smallest absolute Gasteiger partial charge is 0.341 e. The quantitative estimate of drug-likeness (QED) is 0.369. The van der Waals surface area contributed by atoms with Crippen LogP contribution >= 0.6 is 23.6 Å². The highest BCUT2D eigenvalue weighted by Gasteiger charge is 2.26. The number of methoxy groups -OCH3 is 1. The fourth-order valence-electron chi connectivity index (χ4n) is 2.51. The molecule has 156 valence electrons. The lowest BCUT2D eigenvalue weighted by Gasteiger charge is -2.12. The first-order valence-corrected chi connectivity index (χ1v) is 9.77. The van der Waals surface area contributed by atoms with Crippen molar-refractivity contribution >= 4 is 51.5 Å². The average Bonchev–Trinajstić information content (AvgIpc) is 3.21. The molecular formula is C18H23N5O4S2. The Kier molecular flexibility index (Phi) is 7.35. The van der Waals surface area contributed by atoms with Gasteiger partial charge in [-0.3, -0.25) is 20.4 Å².